The molecule has 14 N–H and O–H groups in total. The van der Waals surface area contributed by atoms with Gasteiger partial charge in [0.1, 0.15) is 91.4 Å². The molecule has 20 atom stereocenters. The van der Waals surface area contributed by atoms with E-state index in [9.17, 15) is 75.7 Å². The number of nitrogens with one attached hydrogen (secondary N) is 2. The van der Waals surface area contributed by atoms with Crippen molar-refractivity contribution in [2.45, 2.75) is 137 Å². The lowest BCUT2D eigenvalue weighted by molar-refractivity contribution is -0.385. The van der Waals surface area contributed by atoms with Gasteiger partial charge in [0.15, 0.2) is 31.3 Å². The van der Waals surface area contributed by atoms with Gasteiger partial charge < -0.3 is 105 Å². The SMILES string of the molecule is CC(=O)N[C@@H]1[C@@H](O[C@@H]2O[C@H](CO)[C@H](O)[C@H](O[C@@H]3O[C@H](C(=O)O)[C@@H](O)[C@H](O)[C@H]3O[C@@H]3O[C@H](CO)[C@@H](O)[C@H](O)[C@H]3NC(C)=O)[C@H]2O)[C@@H](O)[C@@H](CO)O[C@H]1O. The molecule has 0 aromatic carbocycles. The summed E-state index contributed by atoms with van der Waals surface area (Å²) in [4.78, 5) is 35.8. The van der Waals surface area contributed by atoms with Gasteiger partial charge in [-0.05, 0) is 0 Å². The fraction of sp³-hybridized carbons (Fsp3) is 0.893. The van der Waals surface area contributed by atoms with E-state index in [1.165, 1.54) is 0 Å². The number of carboxylic acid groups (broad SMARTS) is 1. The summed E-state index contributed by atoms with van der Waals surface area (Å²) in [6.45, 7) is -0.618. The van der Waals surface area contributed by atoms with Crippen molar-refractivity contribution in [3.8, 4) is 0 Å². The van der Waals surface area contributed by atoms with Crippen LogP contribution in [0.25, 0.3) is 0 Å². The van der Waals surface area contributed by atoms with Crippen LogP contribution >= 0.6 is 0 Å². The fourth-order valence-electron chi connectivity index (χ4n) is 6.31. The van der Waals surface area contributed by atoms with Gasteiger partial charge in [0.05, 0.1) is 19.8 Å². The van der Waals surface area contributed by atoms with E-state index in [2.05, 4.69) is 10.6 Å². The molecular weight excluding hydrogens is 716 g/mol. The molecule has 300 valence electrons. The van der Waals surface area contributed by atoms with Crippen LogP contribution in [0, 0.1) is 0 Å². The lowest BCUT2D eigenvalue weighted by Crippen LogP contribution is -2.69. The monoisotopic (exact) mass is 762 g/mol. The van der Waals surface area contributed by atoms with Crippen LogP contribution in [-0.4, -0.2) is 222 Å². The van der Waals surface area contributed by atoms with E-state index in [4.69, 9.17) is 33.2 Å². The smallest absolute Gasteiger partial charge is 0.335 e. The standard InChI is InChI=1S/C28H46N2O22/c1-6(34)29-11-16(39)13(36)8(3-31)47-26(11)52-23-18(41)17(40)22(24(43)44)51-28(23)50-21-15(38)10(5-33)48-27(19(21)42)49-20-12(30-7(2)35)25(45)46-9(4-32)14(20)37/h8-23,25-28,31-33,36-42,45H,3-5H2,1-2H3,(H,29,34)(H,30,35)(H,43,44)/t8-,9-,10-,11-,12-,13-,14+,15+,16-,17+,18+,19-,20-,21+,22+,23-,25-,26+,27+,28-/m1/s1. The van der Waals surface area contributed by atoms with E-state index in [0.717, 1.165) is 13.8 Å². The number of carbonyl (C=O) groups excluding carboxylic acids is 2. The van der Waals surface area contributed by atoms with Crippen LogP contribution in [0.5, 0.6) is 0 Å². The molecule has 0 aromatic heterocycles. The van der Waals surface area contributed by atoms with E-state index < -0.39 is 160 Å². The van der Waals surface area contributed by atoms with E-state index in [-0.39, 0.29) is 0 Å². The first-order valence-corrected chi connectivity index (χ1v) is 16.1. The van der Waals surface area contributed by atoms with E-state index in [0.29, 0.717) is 0 Å². The van der Waals surface area contributed by atoms with Gasteiger partial charge in [-0.25, -0.2) is 4.79 Å². The average molecular weight is 763 g/mol. The summed E-state index contributed by atoms with van der Waals surface area (Å²) in [5.41, 5.74) is 0. The molecule has 0 spiro atoms. The Kier molecular flexibility index (Phi) is 14.6. The van der Waals surface area contributed by atoms with Gasteiger partial charge in [0, 0.05) is 13.8 Å². The highest BCUT2D eigenvalue weighted by atomic mass is 16.8. The highest BCUT2D eigenvalue weighted by Crippen LogP contribution is 2.35. The van der Waals surface area contributed by atoms with Gasteiger partial charge in [0.2, 0.25) is 11.8 Å². The summed E-state index contributed by atoms with van der Waals surface area (Å²) in [7, 11) is 0. The van der Waals surface area contributed by atoms with E-state index in [1.54, 1.807) is 0 Å². The quantitative estimate of drug-likeness (QED) is 0.0877. The van der Waals surface area contributed by atoms with Crippen LogP contribution in [0.4, 0.5) is 0 Å². The minimum atomic E-state index is -2.25. The predicted molar refractivity (Wildman–Crippen MR) is 158 cm³/mol. The van der Waals surface area contributed by atoms with Gasteiger partial charge in [-0.2, -0.15) is 0 Å². The Bertz CT molecular complexity index is 1220. The number of hydrogen-bond donors (Lipinski definition) is 14. The summed E-state index contributed by atoms with van der Waals surface area (Å²) in [6, 6.07) is -3.16. The lowest BCUT2D eigenvalue weighted by Gasteiger charge is -2.49. The summed E-state index contributed by atoms with van der Waals surface area (Å²) in [6.07, 6.45) is -34.8. The van der Waals surface area contributed by atoms with Crippen LogP contribution in [0.1, 0.15) is 13.8 Å². The minimum absolute atomic E-state index is 0.727. The molecule has 0 aliphatic carbocycles. The van der Waals surface area contributed by atoms with Crippen molar-refractivity contribution >= 4 is 17.8 Å². The van der Waals surface area contributed by atoms with Crippen LogP contribution in [-0.2, 0) is 47.5 Å². The average Bonchev–Trinajstić information content (AvgIpc) is 3.08. The Labute approximate surface area is 293 Å². The van der Waals surface area contributed by atoms with Crippen LogP contribution in [0.15, 0.2) is 0 Å². The molecular formula is C28H46N2O22. The molecule has 0 aromatic rings. The normalized spacial score (nSPS) is 47.0. The maximum atomic E-state index is 12.0. The number of aliphatic hydroxyl groups excluding tert-OH is 11. The first kappa shape index (κ1) is 42.4. The first-order valence-electron chi connectivity index (χ1n) is 16.1. The molecule has 4 aliphatic heterocycles. The Morgan fingerprint density at radius 2 is 1.00 bits per heavy atom. The van der Waals surface area contributed by atoms with Crippen molar-refractivity contribution in [1.29, 1.82) is 0 Å². The fourth-order valence-corrected chi connectivity index (χ4v) is 6.31. The molecule has 0 radical (unpaired) electrons. The predicted octanol–water partition coefficient (Wildman–Crippen LogP) is -9.37. The second-order valence-corrected chi connectivity index (χ2v) is 12.7. The van der Waals surface area contributed by atoms with E-state index in [1.807, 2.05) is 0 Å². The summed E-state index contributed by atoms with van der Waals surface area (Å²) in [5, 5.41) is 130. The van der Waals surface area contributed by atoms with Gasteiger partial charge in [-0.1, -0.05) is 0 Å². The Balaban J connectivity index is 1.66. The maximum absolute atomic E-state index is 12.0. The zero-order chi connectivity index (χ0) is 38.8. The number of carboxylic acids is 1. The number of carbonyl (C=O) groups is 3. The third-order valence-corrected chi connectivity index (χ3v) is 8.98. The van der Waals surface area contributed by atoms with Crippen molar-refractivity contribution in [3.63, 3.8) is 0 Å². The topological polar surface area (TPSA) is 383 Å². The molecule has 2 amide bonds. The molecule has 4 aliphatic rings. The van der Waals surface area contributed by atoms with Crippen LogP contribution in [0.2, 0.25) is 0 Å². The molecule has 0 bridgehead atoms. The molecule has 0 unspecified atom stereocenters. The van der Waals surface area contributed by atoms with Crippen LogP contribution < -0.4 is 10.6 Å². The third kappa shape index (κ3) is 8.96. The third-order valence-electron chi connectivity index (χ3n) is 8.98. The zero-order valence-electron chi connectivity index (χ0n) is 27.6. The molecule has 24 nitrogen and oxygen atoms in total. The molecule has 4 heterocycles. The van der Waals surface area contributed by atoms with Crippen molar-refractivity contribution in [3.05, 3.63) is 0 Å². The van der Waals surface area contributed by atoms with Gasteiger partial charge in [-0.3, -0.25) is 9.59 Å². The molecule has 24 heteroatoms. The van der Waals surface area contributed by atoms with Crippen molar-refractivity contribution in [2.75, 3.05) is 19.8 Å². The van der Waals surface area contributed by atoms with Crippen molar-refractivity contribution in [2.24, 2.45) is 0 Å². The minimum Gasteiger partial charge on any atom is -0.479 e. The second kappa shape index (κ2) is 17.9. The molecule has 0 saturated carbocycles. The molecule has 4 fully saturated rings. The Hall–Kier alpha value is -2.31. The number of amides is 2. The van der Waals surface area contributed by atoms with E-state index >= 15 is 0 Å². The van der Waals surface area contributed by atoms with Gasteiger partial charge in [0.25, 0.3) is 0 Å². The summed E-state index contributed by atoms with van der Waals surface area (Å²) < 4.78 is 38.7. The lowest BCUT2D eigenvalue weighted by atomic mass is 9.94. The second-order valence-electron chi connectivity index (χ2n) is 12.7. The molecule has 4 saturated heterocycles. The highest BCUT2D eigenvalue weighted by Gasteiger charge is 2.57. The summed E-state index contributed by atoms with van der Waals surface area (Å²) in [5.74, 6) is -3.31. The van der Waals surface area contributed by atoms with Crippen molar-refractivity contribution < 1.29 is 109 Å². The highest BCUT2D eigenvalue weighted by molar-refractivity contribution is 5.74. The zero-order valence-corrected chi connectivity index (χ0v) is 27.6. The molecule has 52 heavy (non-hydrogen) atoms. The molecule has 4 rings (SSSR count). The number of ether oxygens (including phenoxy) is 7. The summed E-state index contributed by atoms with van der Waals surface area (Å²) >= 11 is 0. The number of hydrogen-bond acceptors (Lipinski definition) is 21. The maximum Gasteiger partial charge on any atom is 0.335 e. The van der Waals surface area contributed by atoms with Crippen LogP contribution in [0.3, 0.4) is 0 Å². The Morgan fingerprint density at radius 3 is 1.56 bits per heavy atom. The van der Waals surface area contributed by atoms with Crippen molar-refractivity contribution in [1.82, 2.24) is 10.6 Å². The number of aliphatic carboxylic acids is 1. The number of aliphatic hydroxyl groups is 11. The first-order chi connectivity index (χ1) is 24.4. The largest absolute Gasteiger partial charge is 0.479 e. The van der Waals surface area contributed by atoms with Gasteiger partial charge >= 0.3 is 5.97 Å². The van der Waals surface area contributed by atoms with Gasteiger partial charge in [-0.15, -0.1) is 0 Å². The number of rotatable bonds is 12. The Morgan fingerprint density at radius 1 is 0.519 bits per heavy atom.